The summed E-state index contributed by atoms with van der Waals surface area (Å²) in [6.45, 7) is 9.26. The van der Waals surface area contributed by atoms with E-state index in [-0.39, 0.29) is 6.10 Å². The monoisotopic (exact) mass is 333 g/mol. The molecule has 0 aromatic carbocycles. The molecule has 0 unspecified atom stereocenters. The molecule has 3 atom stereocenters. The van der Waals surface area contributed by atoms with Crippen molar-refractivity contribution in [2.45, 2.75) is 38.1 Å². The molecule has 1 aromatic heterocycles. The molecule has 3 aliphatic heterocycles. The van der Waals surface area contributed by atoms with Crippen LogP contribution in [-0.4, -0.2) is 89.0 Å². The van der Waals surface area contributed by atoms with Crippen LogP contribution in [-0.2, 0) is 11.3 Å². The molecule has 7 heteroatoms. The van der Waals surface area contributed by atoms with Crippen LogP contribution >= 0.6 is 0 Å². The van der Waals surface area contributed by atoms with E-state index >= 15 is 0 Å². The maximum atomic E-state index is 9.88. The number of rotatable bonds is 3. The van der Waals surface area contributed by atoms with Crippen LogP contribution in [0.15, 0.2) is 12.4 Å². The lowest BCUT2D eigenvalue weighted by atomic mass is 10.1. The van der Waals surface area contributed by atoms with Crippen LogP contribution in [0.2, 0.25) is 0 Å². The second-order valence-electron chi connectivity index (χ2n) is 7.27. The van der Waals surface area contributed by atoms with Gasteiger partial charge in [-0.1, -0.05) is 0 Å². The summed E-state index contributed by atoms with van der Waals surface area (Å²) < 4.78 is 5.37. The third kappa shape index (κ3) is 3.39. The Hall–Kier alpha value is -1.28. The smallest absolute Gasteiger partial charge is 0.225 e. The average Bonchev–Trinajstić information content (AvgIpc) is 2.95. The molecule has 132 valence electrons. The molecular formula is C17H27N5O2. The highest BCUT2D eigenvalue weighted by Gasteiger charge is 2.38. The van der Waals surface area contributed by atoms with E-state index in [2.05, 4.69) is 31.6 Å². The Morgan fingerprint density at radius 2 is 1.92 bits per heavy atom. The number of aromatic nitrogens is 2. The van der Waals surface area contributed by atoms with Gasteiger partial charge in [-0.2, -0.15) is 0 Å². The molecule has 3 saturated heterocycles. The van der Waals surface area contributed by atoms with Gasteiger partial charge in [-0.25, -0.2) is 9.97 Å². The van der Waals surface area contributed by atoms with Gasteiger partial charge in [-0.05, 0) is 13.3 Å². The van der Waals surface area contributed by atoms with Crippen molar-refractivity contribution in [3.05, 3.63) is 18.0 Å². The normalized spacial score (nSPS) is 32.1. The van der Waals surface area contributed by atoms with Crippen LogP contribution in [0.1, 0.15) is 18.9 Å². The van der Waals surface area contributed by atoms with Gasteiger partial charge in [0.25, 0.3) is 0 Å². The van der Waals surface area contributed by atoms with E-state index in [4.69, 9.17) is 4.74 Å². The summed E-state index contributed by atoms with van der Waals surface area (Å²) in [4.78, 5) is 16.2. The van der Waals surface area contributed by atoms with Gasteiger partial charge in [0.05, 0.1) is 19.3 Å². The van der Waals surface area contributed by atoms with E-state index in [9.17, 15) is 5.11 Å². The Labute approximate surface area is 143 Å². The van der Waals surface area contributed by atoms with Crippen molar-refractivity contribution in [2.24, 2.45) is 0 Å². The molecule has 7 nitrogen and oxygen atoms in total. The fraction of sp³-hybridized carbons (Fsp3) is 0.765. The second-order valence-corrected chi connectivity index (χ2v) is 7.27. The molecule has 0 saturated carbocycles. The number of piperazine rings is 1. The molecular weight excluding hydrogens is 306 g/mol. The van der Waals surface area contributed by atoms with Crippen LogP contribution < -0.4 is 4.90 Å². The van der Waals surface area contributed by atoms with Crippen molar-refractivity contribution in [1.29, 1.82) is 0 Å². The number of hydrogen-bond acceptors (Lipinski definition) is 7. The van der Waals surface area contributed by atoms with Crippen LogP contribution in [0.3, 0.4) is 0 Å². The Kier molecular flexibility index (Phi) is 4.67. The van der Waals surface area contributed by atoms with Crippen LogP contribution in [0.4, 0.5) is 5.95 Å². The standard InChI is InChI=1S/C17H27N5O2/c1-13-9-22-12-16(23)6-15(22)11-21(13)10-14-7-18-17(19-8-14)20-2-4-24-5-3-20/h7-8,13,15-16,23H,2-6,9-12H2,1H3/t13-,15-,16+/m0/s1. The van der Waals surface area contributed by atoms with E-state index in [1.807, 2.05) is 12.4 Å². The molecule has 3 aliphatic rings. The second kappa shape index (κ2) is 6.92. The van der Waals surface area contributed by atoms with Crippen LogP contribution in [0.5, 0.6) is 0 Å². The summed E-state index contributed by atoms with van der Waals surface area (Å²) in [5.41, 5.74) is 1.16. The first-order chi connectivity index (χ1) is 11.7. The first-order valence-electron chi connectivity index (χ1n) is 8.99. The molecule has 0 spiro atoms. The number of anilines is 1. The van der Waals surface area contributed by atoms with Crippen molar-refractivity contribution >= 4 is 5.95 Å². The zero-order chi connectivity index (χ0) is 16.5. The third-order valence-corrected chi connectivity index (χ3v) is 5.44. The zero-order valence-corrected chi connectivity index (χ0v) is 14.3. The largest absolute Gasteiger partial charge is 0.392 e. The fourth-order valence-electron chi connectivity index (χ4n) is 4.09. The number of nitrogens with zero attached hydrogens (tertiary/aromatic N) is 5. The maximum absolute atomic E-state index is 9.88. The Bertz CT molecular complexity index is 548. The topological polar surface area (TPSA) is 65.0 Å². The highest BCUT2D eigenvalue weighted by atomic mass is 16.5. The molecule has 0 aliphatic carbocycles. The summed E-state index contributed by atoms with van der Waals surface area (Å²) in [5, 5.41) is 9.88. The predicted octanol–water partition coefficient (Wildman–Crippen LogP) is -0.0475. The van der Waals surface area contributed by atoms with E-state index < -0.39 is 0 Å². The zero-order valence-electron chi connectivity index (χ0n) is 14.3. The lowest BCUT2D eigenvalue weighted by molar-refractivity contribution is 0.0527. The van der Waals surface area contributed by atoms with Crippen molar-refractivity contribution in [3.63, 3.8) is 0 Å². The number of aliphatic hydroxyl groups excluding tert-OH is 1. The van der Waals surface area contributed by atoms with E-state index in [0.29, 0.717) is 12.1 Å². The highest BCUT2D eigenvalue weighted by Crippen LogP contribution is 2.26. The summed E-state index contributed by atoms with van der Waals surface area (Å²) in [7, 11) is 0. The van der Waals surface area contributed by atoms with Crippen molar-refractivity contribution in [1.82, 2.24) is 19.8 Å². The van der Waals surface area contributed by atoms with Crippen LogP contribution in [0, 0.1) is 0 Å². The lowest BCUT2D eigenvalue weighted by Gasteiger charge is -2.42. The first-order valence-corrected chi connectivity index (χ1v) is 8.99. The summed E-state index contributed by atoms with van der Waals surface area (Å²) in [6.07, 6.45) is 4.66. The average molecular weight is 333 g/mol. The maximum Gasteiger partial charge on any atom is 0.225 e. The molecule has 1 aromatic rings. The third-order valence-electron chi connectivity index (χ3n) is 5.44. The number of morpholine rings is 1. The van der Waals surface area contributed by atoms with Crippen molar-refractivity contribution in [2.75, 3.05) is 50.8 Å². The van der Waals surface area contributed by atoms with Gasteiger partial charge in [-0.15, -0.1) is 0 Å². The quantitative estimate of drug-likeness (QED) is 0.832. The lowest BCUT2D eigenvalue weighted by Crippen LogP contribution is -2.54. The first kappa shape index (κ1) is 16.2. The number of ether oxygens (including phenoxy) is 1. The fourth-order valence-corrected chi connectivity index (χ4v) is 4.09. The molecule has 3 fully saturated rings. The minimum Gasteiger partial charge on any atom is -0.392 e. The van der Waals surface area contributed by atoms with E-state index in [1.54, 1.807) is 0 Å². The Balaban J connectivity index is 1.38. The van der Waals surface area contributed by atoms with Crippen molar-refractivity contribution < 1.29 is 9.84 Å². The summed E-state index contributed by atoms with van der Waals surface area (Å²) in [6, 6.07) is 0.982. The SMILES string of the molecule is C[C@H]1CN2C[C@H](O)C[C@H]2CN1Cc1cnc(N2CCOCC2)nc1. The van der Waals surface area contributed by atoms with Gasteiger partial charge in [-0.3, -0.25) is 9.80 Å². The van der Waals surface area contributed by atoms with Gasteiger partial charge in [0.15, 0.2) is 0 Å². The molecule has 4 heterocycles. The number of aliphatic hydroxyl groups is 1. The summed E-state index contributed by atoms with van der Waals surface area (Å²) in [5.74, 6) is 0.804. The van der Waals surface area contributed by atoms with E-state index in [0.717, 1.165) is 70.4 Å². The Morgan fingerprint density at radius 3 is 2.67 bits per heavy atom. The number of hydrogen-bond donors (Lipinski definition) is 1. The molecule has 0 radical (unpaired) electrons. The number of fused-ring (bicyclic) bond motifs is 1. The van der Waals surface area contributed by atoms with Gasteiger partial charge in [0.2, 0.25) is 5.95 Å². The van der Waals surface area contributed by atoms with Gasteiger partial charge < -0.3 is 14.7 Å². The predicted molar refractivity (Wildman–Crippen MR) is 90.9 cm³/mol. The molecule has 0 bridgehead atoms. The molecule has 24 heavy (non-hydrogen) atoms. The molecule has 1 N–H and O–H groups in total. The van der Waals surface area contributed by atoms with Crippen molar-refractivity contribution in [3.8, 4) is 0 Å². The van der Waals surface area contributed by atoms with Gasteiger partial charge >= 0.3 is 0 Å². The highest BCUT2D eigenvalue weighted by molar-refractivity contribution is 5.30. The Morgan fingerprint density at radius 1 is 1.17 bits per heavy atom. The summed E-state index contributed by atoms with van der Waals surface area (Å²) >= 11 is 0. The molecule has 4 rings (SSSR count). The minimum absolute atomic E-state index is 0.154. The van der Waals surface area contributed by atoms with E-state index in [1.165, 1.54) is 0 Å². The van der Waals surface area contributed by atoms with Gasteiger partial charge in [0.1, 0.15) is 0 Å². The molecule has 0 amide bonds. The minimum atomic E-state index is -0.154. The van der Waals surface area contributed by atoms with Crippen LogP contribution in [0.25, 0.3) is 0 Å². The van der Waals surface area contributed by atoms with Gasteiger partial charge in [0, 0.05) is 69.3 Å².